The van der Waals surface area contributed by atoms with E-state index < -0.39 is 0 Å². The molecule has 1 heterocycles. The quantitative estimate of drug-likeness (QED) is 0.771. The van der Waals surface area contributed by atoms with Crippen molar-refractivity contribution in [3.63, 3.8) is 0 Å². The third-order valence-electron chi connectivity index (χ3n) is 3.48. The van der Waals surface area contributed by atoms with Crippen molar-refractivity contribution in [2.75, 3.05) is 11.1 Å². The lowest BCUT2D eigenvalue weighted by atomic mass is 10.1. The molecule has 6 heteroatoms. The number of hydrogen-bond acceptors (Lipinski definition) is 4. The van der Waals surface area contributed by atoms with Gasteiger partial charge in [0, 0.05) is 22.8 Å². The number of benzene rings is 2. The molecule has 0 fully saturated rings. The molecule has 0 spiro atoms. The summed E-state index contributed by atoms with van der Waals surface area (Å²) in [6.45, 7) is 2.08. The number of amides is 1. The second kappa shape index (κ2) is 7.07. The molecule has 3 rings (SSSR count). The van der Waals surface area contributed by atoms with Gasteiger partial charge in [-0.05, 0) is 42.3 Å². The Kier molecular flexibility index (Phi) is 5.13. The van der Waals surface area contributed by atoms with Gasteiger partial charge in [-0.2, -0.15) is 0 Å². The molecule has 3 aromatic rings. The topological polar surface area (TPSA) is 80.9 Å². The molecule has 0 aliphatic heterocycles. The van der Waals surface area contributed by atoms with Crippen LogP contribution in [0.25, 0.3) is 10.9 Å². The zero-order valence-electron chi connectivity index (χ0n) is 12.6. The van der Waals surface area contributed by atoms with Gasteiger partial charge in [0.1, 0.15) is 0 Å². The summed E-state index contributed by atoms with van der Waals surface area (Å²) in [7, 11) is 0. The number of rotatable bonds is 3. The van der Waals surface area contributed by atoms with E-state index in [2.05, 4.69) is 22.2 Å². The molecule has 118 valence electrons. The number of aromatic nitrogens is 2. The van der Waals surface area contributed by atoms with Crippen molar-refractivity contribution in [3.05, 3.63) is 59.8 Å². The van der Waals surface area contributed by atoms with Crippen molar-refractivity contribution >= 4 is 40.9 Å². The van der Waals surface area contributed by atoms with E-state index in [4.69, 9.17) is 5.73 Å². The normalized spacial score (nSPS) is 10.1. The van der Waals surface area contributed by atoms with E-state index in [1.54, 1.807) is 12.3 Å². The Morgan fingerprint density at radius 1 is 1.17 bits per heavy atom. The van der Waals surface area contributed by atoms with Crippen LogP contribution < -0.4 is 11.1 Å². The molecule has 0 aliphatic rings. The van der Waals surface area contributed by atoms with E-state index in [0.29, 0.717) is 11.3 Å². The summed E-state index contributed by atoms with van der Waals surface area (Å²) in [5.74, 6) is 0.0960. The summed E-state index contributed by atoms with van der Waals surface area (Å²) in [6, 6.07) is 13.0. The van der Waals surface area contributed by atoms with E-state index >= 15 is 0 Å². The number of carbonyl (C=O) groups excluding carboxylic acids is 1. The highest BCUT2D eigenvalue weighted by atomic mass is 35.5. The second-order valence-corrected chi connectivity index (χ2v) is 5.01. The van der Waals surface area contributed by atoms with Crippen LogP contribution in [0.5, 0.6) is 0 Å². The molecule has 0 radical (unpaired) electrons. The van der Waals surface area contributed by atoms with Crippen LogP contribution in [0.3, 0.4) is 0 Å². The molecule has 23 heavy (non-hydrogen) atoms. The fourth-order valence-corrected chi connectivity index (χ4v) is 2.22. The highest BCUT2D eigenvalue weighted by Crippen LogP contribution is 2.18. The number of anilines is 2. The zero-order chi connectivity index (χ0) is 15.5. The van der Waals surface area contributed by atoms with E-state index in [1.807, 2.05) is 36.4 Å². The molecule has 0 atom stereocenters. The van der Waals surface area contributed by atoms with Gasteiger partial charge in [0.2, 0.25) is 5.95 Å². The smallest absolute Gasteiger partial charge is 0.255 e. The number of fused-ring (bicyclic) bond motifs is 1. The molecule has 1 amide bonds. The number of carbonyl (C=O) groups is 1. The number of nitrogens with two attached hydrogens (primary N) is 1. The number of nitrogen functional groups attached to an aromatic ring is 1. The zero-order valence-corrected chi connectivity index (χ0v) is 13.4. The van der Waals surface area contributed by atoms with Gasteiger partial charge in [0.05, 0.1) is 5.52 Å². The van der Waals surface area contributed by atoms with Gasteiger partial charge >= 0.3 is 0 Å². The van der Waals surface area contributed by atoms with Gasteiger partial charge in [-0.1, -0.05) is 19.1 Å². The fraction of sp³-hybridized carbons (Fsp3) is 0.118. The molecular weight excluding hydrogens is 312 g/mol. The number of nitrogens with zero attached hydrogens (tertiary/aromatic N) is 2. The standard InChI is InChI=1S/C17H16N4O.ClH/c1-2-11-3-5-12(6-4-11)16(22)20-14-7-8-15-13(9-14)10-19-17(18)21-15;/h3-10H,2H2,1H3,(H,20,22)(H2,18,19,21);1H. The summed E-state index contributed by atoms with van der Waals surface area (Å²) in [4.78, 5) is 20.3. The van der Waals surface area contributed by atoms with Crippen LogP contribution in [0.2, 0.25) is 0 Å². The molecule has 1 aromatic heterocycles. The first-order valence-corrected chi connectivity index (χ1v) is 7.08. The van der Waals surface area contributed by atoms with Crippen molar-refractivity contribution in [2.24, 2.45) is 0 Å². The highest BCUT2D eigenvalue weighted by Gasteiger charge is 2.07. The third-order valence-corrected chi connectivity index (χ3v) is 3.48. The Bertz CT molecular complexity index is 834. The summed E-state index contributed by atoms with van der Waals surface area (Å²) in [5.41, 5.74) is 8.83. The van der Waals surface area contributed by atoms with Crippen molar-refractivity contribution < 1.29 is 4.79 Å². The van der Waals surface area contributed by atoms with Crippen LogP contribution in [0.15, 0.2) is 48.7 Å². The van der Waals surface area contributed by atoms with E-state index in [-0.39, 0.29) is 24.3 Å². The largest absolute Gasteiger partial charge is 0.368 e. The first-order chi connectivity index (χ1) is 10.7. The molecule has 5 nitrogen and oxygen atoms in total. The lowest BCUT2D eigenvalue weighted by Crippen LogP contribution is -2.11. The Balaban J connectivity index is 0.00000192. The molecule has 2 aromatic carbocycles. The van der Waals surface area contributed by atoms with Gasteiger partial charge in [-0.3, -0.25) is 4.79 Å². The highest BCUT2D eigenvalue weighted by molar-refractivity contribution is 6.05. The maximum atomic E-state index is 12.2. The van der Waals surface area contributed by atoms with Crippen LogP contribution in [0.1, 0.15) is 22.8 Å². The minimum absolute atomic E-state index is 0. The average molecular weight is 329 g/mol. The number of aryl methyl sites for hydroxylation is 1. The Morgan fingerprint density at radius 2 is 1.91 bits per heavy atom. The lowest BCUT2D eigenvalue weighted by molar-refractivity contribution is 0.102. The van der Waals surface area contributed by atoms with Crippen LogP contribution in [-0.4, -0.2) is 15.9 Å². The van der Waals surface area contributed by atoms with Gasteiger partial charge in [0.25, 0.3) is 5.91 Å². The van der Waals surface area contributed by atoms with E-state index in [9.17, 15) is 4.79 Å². The van der Waals surface area contributed by atoms with Crippen LogP contribution in [-0.2, 0) is 6.42 Å². The second-order valence-electron chi connectivity index (χ2n) is 5.01. The molecule has 3 N–H and O–H groups in total. The van der Waals surface area contributed by atoms with Crippen molar-refractivity contribution in [3.8, 4) is 0 Å². The monoisotopic (exact) mass is 328 g/mol. The van der Waals surface area contributed by atoms with Crippen LogP contribution in [0.4, 0.5) is 11.6 Å². The Morgan fingerprint density at radius 3 is 2.61 bits per heavy atom. The van der Waals surface area contributed by atoms with Crippen molar-refractivity contribution in [2.45, 2.75) is 13.3 Å². The number of hydrogen-bond donors (Lipinski definition) is 2. The van der Waals surface area contributed by atoms with Crippen molar-refractivity contribution in [1.29, 1.82) is 0 Å². The molecule has 0 bridgehead atoms. The summed E-state index contributed by atoms with van der Waals surface area (Å²) in [5, 5.41) is 3.70. The van der Waals surface area contributed by atoms with Gasteiger partial charge in [-0.25, -0.2) is 9.97 Å². The molecular formula is C17H17ClN4O. The lowest BCUT2D eigenvalue weighted by Gasteiger charge is -2.07. The predicted molar refractivity (Wildman–Crippen MR) is 95.0 cm³/mol. The minimum Gasteiger partial charge on any atom is -0.368 e. The number of nitrogens with one attached hydrogen (secondary N) is 1. The van der Waals surface area contributed by atoms with E-state index in [0.717, 1.165) is 17.3 Å². The first kappa shape index (κ1) is 16.7. The van der Waals surface area contributed by atoms with E-state index in [1.165, 1.54) is 5.56 Å². The van der Waals surface area contributed by atoms with Crippen LogP contribution in [0, 0.1) is 0 Å². The SMILES string of the molecule is CCc1ccc(C(=O)Nc2ccc3nc(N)ncc3c2)cc1.Cl. The number of halogens is 1. The van der Waals surface area contributed by atoms with Gasteiger partial charge in [0.15, 0.2) is 0 Å². The minimum atomic E-state index is -0.140. The molecule has 0 unspecified atom stereocenters. The third kappa shape index (κ3) is 3.76. The summed E-state index contributed by atoms with van der Waals surface area (Å²) in [6.07, 6.45) is 2.60. The molecule has 0 saturated heterocycles. The van der Waals surface area contributed by atoms with Crippen molar-refractivity contribution in [1.82, 2.24) is 9.97 Å². The van der Waals surface area contributed by atoms with Crippen LogP contribution >= 0.6 is 12.4 Å². The maximum absolute atomic E-state index is 12.2. The molecule has 0 saturated carbocycles. The van der Waals surface area contributed by atoms with Gasteiger partial charge < -0.3 is 11.1 Å². The summed E-state index contributed by atoms with van der Waals surface area (Å²) >= 11 is 0. The fourth-order valence-electron chi connectivity index (χ4n) is 2.22. The average Bonchev–Trinajstić information content (AvgIpc) is 2.55. The first-order valence-electron chi connectivity index (χ1n) is 7.08. The predicted octanol–water partition coefficient (Wildman–Crippen LogP) is 3.45. The summed E-state index contributed by atoms with van der Waals surface area (Å²) < 4.78 is 0. The Labute approximate surface area is 140 Å². The Hall–Kier alpha value is -2.66. The van der Waals surface area contributed by atoms with Gasteiger partial charge in [-0.15, -0.1) is 12.4 Å². The molecule has 0 aliphatic carbocycles. The maximum Gasteiger partial charge on any atom is 0.255 e.